The molecule has 2 rings (SSSR count). The van der Waals surface area contributed by atoms with E-state index in [2.05, 4.69) is 0 Å². The summed E-state index contributed by atoms with van der Waals surface area (Å²) < 4.78 is 16.3. The Hall–Kier alpha value is -2.15. The number of carbonyl (C=O) groups is 2. The van der Waals surface area contributed by atoms with Gasteiger partial charge in [0.1, 0.15) is 6.04 Å². The molecule has 2 atom stereocenters. The standard InChI is InChI=1S/C17H23NO6/c1-5-11(16(20)23-3)12-8-10-6-7-14(17(21)24-4)18(10)15(19)13(12)9-22-2/h8,11,14H,5-7,9H2,1-4H3. The predicted octanol–water partition coefficient (Wildman–Crippen LogP) is 1.32. The van der Waals surface area contributed by atoms with Crippen LogP contribution in [0.4, 0.5) is 0 Å². The van der Waals surface area contributed by atoms with Crippen molar-refractivity contribution in [3.8, 4) is 0 Å². The van der Waals surface area contributed by atoms with Gasteiger partial charge in [-0.2, -0.15) is 0 Å². The first-order valence-electron chi connectivity index (χ1n) is 7.91. The summed E-state index contributed by atoms with van der Waals surface area (Å²) in [6.07, 6.45) is 1.59. The maximum Gasteiger partial charge on any atom is 0.328 e. The largest absolute Gasteiger partial charge is 0.469 e. The molecule has 0 radical (unpaired) electrons. The molecule has 0 bridgehead atoms. The van der Waals surface area contributed by atoms with Crippen LogP contribution in [0.5, 0.6) is 0 Å². The summed E-state index contributed by atoms with van der Waals surface area (Å²) >= 11 is 0. The van der Waals surface area contributed by atoms with Crippen LogP contribution in [0.2, 0.25) is 0 Å². The van der Waals surface area contributed by atoms with Crippen LogP contribution in [0.25, 0.3) is 0 Å². The Morgan fingerprint density at radius 2 is 2.00 bits per heavy atom. The van der Waals surface area contributed by atoms with Gasteiger partial charge in [-0.1, -0.05) is 6.92 Å². The highest BCUT2D eigenvalue weighted by Crippen LogP contribution is 2.30. The van der Waals surface area contributed by atoms with Gasteiger partial charge < -0.3 is 14.2 Å². The number of fused-ring (bicyclic) bond motifs is 1. The van der Waals surface area contributed by atoms with Gasteiger partial charge in [0.15, 0.2) is 0 Å². The van der Waals surface area contributed by atoms with Crippen LogP contribution in [-0.4, -0.2) is 37.8 Å². The van der Waals surface area contributed by atoms with Crippen molar-refractivity contribution in [3.63, 3.8) is 0 Å². The highest BCUT2D eigenvalue weighted by Gasteiger charge is 2.34. The maximum atomic E-state index is 13.0. The van der Waals surface area contributed by atoms with Crippen LogP contribution in [0, 0.1) is 0 Å². The molecular formula is C17H23NO6. The highest BCUT2D eigenvalue weighted by molar-refractivity contribution is 5.79. The lowest BCUT2D eigenvalue weighted by molar-refractivity contribution is -0.144. The minimum atomic E-state index is -0.625. The monoisotopic (exact) mass is 337 g/mol. The first-order chi connectivity index (χ1) is 11.5. The second kappa shape index (κ2) is 7.61. The van der Waals surface area contributed by atoms with E-state index < -0.39 is 17.9 Å². The topological polar surface area (TPSA) is 83.8 Å². The van der Waals surface area contributed by atoms with Crippen LogP contribution in [0.3, 0.4) is 0 Å². The number of carbonyl (C=O) groups excluding carboxylic acids is 2. The molecule has 0 spiro atoms. The molecule has 132 valence electrons. The lowest BCUT2D eigenvalue weighted by atomic mass is 9.92. The molecule has 0 aliphatic carbocycles. The van der Waals surface area contributed by atoms with Crippen molar-refractivity contribution in [1.82, 2.24) is 4.57 Å². The van der Waals surface area contributed by atoms with Gasteiger partial charge in [0, 0.05) is 18.4 Å². The Bertz CT molecular complexity index is 693. The van der Waals surface area contributed by atoms with Crippen molar-refractivity contribution in [1.29, 1.82) is 0 Å². The molecule has 1 aromatic heterocycles. The van der Waals surface area contributed by atoms with E-state index in [0.717, 1.165) is 5.69 Å². The zero-order valence-corrected chi connectivity index (χ0v) is 14.5. The average Bonchev–Trinajstić information content (AvgIpc) is 3.01. The highest BCUT2D eigenvalue weighted by atomic mass is 16.5. The van der Waals surface area contributed by atoms with Gasteiger partial charge in [-0.3, -0.25) is 14.2 Å². The molecule has 0 amide bonds. The van der Waals surface area contributed by atoms with Gasteiger partial charge in [0.2, 0.25) is 0 Å². The van der Waals surface area contributed by atoms with Crippen LogP contribution < -0.4 is 5.56 Å². The number of nitrogens with zero attached hydrogens (tertiary/aromatic N) is 1. The van der Waals surface area contributed by atoms with E-state index in [-0.39, 0.29) is 18.1 Å². The second-order valence-electron chi connectivity index (χ2n) is 5.74. The van der Waals surface area contributed by atoms with Crippen molar-refractivity contribution < 1.29 is 23.8 Å². The molecule has 7 nitrogen and oxygen atoms in total. The van der Waals surface area contributed by atoms with Crippen molar-refractivity contribution in [2.45, 2.75) is 44.8 Å². The lowest BCUT2D eigenvalue weighted by Gasteiger charge is -2.20. The van der Waals surface area contributed by atoms with Crippen molar-refractivity contribution in [3.05, 3.63) is 33.2 Å². The average molecular weight is 337 g/mol. The van der Waals surface area contributed by atoms with Crippen LogP contribution in [0.1, 0.15) is 48.5 Å². The number of ether oxygens (including phenoxy) is 3. The molecule has 0 N–H and O–H groups in total. The maximum absolute atomic E-state index is 13.0. The third kappa shape index (κ3) is 3.08. The number of aromatic nitrogens is 1. The summed E-state index contributed by atoms with van der Waals surface area (Å²) in [4.78, 5) is 37.0. The molecular weight excluding hydrogens is 314 g/mol. The summed E-state index contributed by atoms with van der Waals surface area (Å²) in [5.74, 6) is -1.36. The third-order valence-electron chi connectivity index (χ3n) is 4.47. The normalized spacial score (nSPS) is 17.2. The number of esters is 2. The molecule has 2 unspecified atom stereocenters. The van der Waals surface area contributed by atoms with E-state index in [1.165, 1.54) is 25.9 Å². The second-order valence-corrected chi connectivity index (χ2v) is 5.74. The summed E-state index contributed by atoms with van der Waals surface area (Å²) in [6.45, 7) is 1.93. The molecule has 1 aliphatic rings. The molecule has 0 fully saturated rings. The molecule has 1 aliphatic heterocycles. The smallest absolute Gasteiger partial charge is 0.328 e. The Kier molecular flexibility index (Phi) is 5.77. The van der Waals surface area contributed by atoms with E-state index in [1.54, 1.807) is 0 Å². The number of hydrogen-bond acceptors (Lipinski definition) is 6. The zero-order valence-electron chi connectivity index (χ0n) is 14.5. The number of methoxy groups -OCH3 is 3. The van der Waals surface area contributed by atoms with Crippen LogP contribution >= 0.6 is 0 Å². The number of pyridine rings is 1. The molecule has 2 heterocycles. The fourth-order valence-corrected chi connectivity index (χ4v) is 3.30. The van der Waals surface area contributed by atoms with E-state index in [9.17, 15) is 14.4 Å². The van der Waals surface area contributed by atoms with Crippen molar-refractivity contribution >= 4 is 11.9 Å². The molecule has 24 heavy (non-hydrogen) atoms. The van der Waals surface area contributed by atoms with E-state index >= 15 is 0 Å². The lowest BCUT2D eigenvalue weighted by Crippen LogP contribution is -2.33. The minimum absolute atomic E-state index is 0.0653. The van der Waals surface area contributed by atoms with Gasteiger partial charge in [-0.05, 0) is 30.9 Å². The summed E-state index contributed by atoms with van der Waals surface area (Å²) in [6, 6.07) is 1.20. The zero-order chi connectivity index (χ0) is 17.9. The van der Waals surface area contributed by atoms with Crippen LogP contribution in [-0.2, 0) is 36.8 Å². The van der Waals surface area contributed by atoms with Gasteiger partial charge in [-0.25, -0.2) is 4.79 Å². The fraction of sp³-hybridized carbons (Fsp3) is 0.588. The van der Waals surface area contributed by atoms with Gasteiger partial charge >= 0.3 is 11.9 Å². The molecule has 7 heteroatoms. The van der Waals surface area contributed by atoms with Gasteiger partial charge in [-0.15, -0.1) is 0 Å². The first kappa shape index (κ1) is 18.2. The molecule has 0 aromatic carbocycles. The molecule has 0 saturated heterocycles. The number of aryl methyl sites for hydroxylation is 1. The number of rotatable bonds is 6. The van der Waals surface area contributed by atoms with Crippen molar-refractivity contribution in [2.24, 2.45) is 0 Å². The van der Waals surface area contributed by atoms with E-state index in [0.29, 0.717) is 30.4 Å². The third-order valence-corrected chi connectivity index (χ3v) is 4.47. The predicted molar refractivity (Wildman–Crippen MR) is 85.8 cm³/mol. The molecule has 1 aromatic rings. The summed E-state index contributed by atoms with van der Waals surface area (Å²) in [7, 11) is 4.12. The van der Waals surface area contributed by atoms with E-state index in [1.807, 2.05) is 13.0 Å². The van der Waals surface area contributed by atoms with Gasteiger partial charge in [0.25, 0.3) is 5.56 Å². The van der Waals surface area contributed by atoms with Gasteiger partial charge in [0.05, 0.1) is 26.7 Å². The Morgan fingerprint density at radius 1 is 1.29 bits per heavy atom. The quantitative estimate of drug-likeness (QED) is 0.728. The number of hydrogen-bond donors (Lipinski definition) is 0. The SMILES string of the molecule is CCC(C(=O)OC)c1cc2n(c(=O)c1COC)C(C(=O)OC)CC2. The Labute approximate surface area is 140 Å². The summed E-state index contributed by atoms with van der Waals surface area (Å²) in [5, 5.41) is 0. The fourth-order valence-electron chi connectivity index (χ4n) is 3.30. The summed E-state index contributed by atoms with van der Waals surface area (Å²) in [5.41, 5.74) is 1.43. The first-order valence-corrected chi connectivity index (χ1v) is 7.91. The Morgan fingerprint density at radius 3 is 2.54 bits per heavy atom. The minimum Gasteiger partial charge on any atom is -0.469 e. The van der Waals surface area contributed by atoms with Crippen molar-refractivity contribution in [2.75, 3.05) is 21.3 Å². The molecule has 0 saturated carbocycles. The Balaban J connectivity index is 2.63. The van der Waals surface area contributed by atoms with Crippen LogP contribution in [0.15, 0.2) is 10.9 Å². The van der Waals surface area contributed by atoms with E-state index in [4.69, 9.17) is 14.2 Å².